The molecule has 0 saturated heterocycles. The second-order valence-corrected chi connectivity index (χ2v) is 6.13. The van der Waals surface area contributed by atoms with Crippen LogP contribution in [0.25, 0.3) is 0 Å². The Bertz CT molecular complexity index is 429. The van der Waals surface area contributed by atoms with E-state index in [0.717, 1.165) is 25.5 Å². The predicted octanol–water partition coefficient (Wildman–Crippen LogP) is 4.78. The number of rotatable bonds is 16. The zero-order valence-electron chi connectivity index (χ0n) is 15.4. The summed E-state index contributed by atoms with van der Waals surface area (Å²) in [6.07, 6.45) is 19.8. The van der Waals surface area contributed by atoms with E-state index in [2.05, 4.69) is 25.2 Å². The molecule has 0 heterocycles. The molecule has 5 nitrogen and oxygen atoms in total. The van der Waals surface area contributed by atoms with Crippen LogP contribution in [0.1, 0.15) is 71.1 Å². The molecule has 2 atom stereocenters. The fourth-order valence-corrected chi connectivity index (χ4v) is 2.41. The van der Waals surface area contributed by atoms with Crippen molar-refractivity contribution in [2.45, 2.75) is 83.3 Å². The van der Waals surface area contributed by atoms with E-state index >= 15 is 0 Å². The topological polar surface area (TPSA) is 80.4 Å². The maximum Gasteiger partial charge on any atom is 0.238 e. The number of hydrogen-bond acceptors (Lipinski definition) is 4. The molecule has 0 aromatic heterocycles. The minimum Gasteiger partial charge on any atom is -0.386 e. The zero-order chi connectivity index (χ0) is 18.8. The summed E-state index contributed by atoms with van der Waals surface area (Å²) < 4.78 is 0. The SMILES string of the molecule is CCCCC/C=C\C/C=C\C/C=C\CC(O)C(CCCC=O)[N+](=O)[O-]. The summed E-state index contributed by atoms with van der Waals surface area (Å²) in [6, 6.07) is -1.00. The molecule has 0 amide bonds. The van der Waals surface area contributed by atoms with Gasteiger partial charge < -0.3 is 9.90 Å². The molecule has 0 aliphatic rings. The van der Waals surface area contributed by atoms with Gasteiger partial charge >= 0.3 is 0 Å². The normalized spacial score (nSPS) is 14.5. The first-order valence-electron chi connectivity index (χ1n) is 9.33. The van der Waals surface area contributed by atoms with Gasteiger partial charge in [-0.15, -0.1) is 0 Å². The lowest BCUT2D eigenvalue weighted by Crippen LogP contribution is -2.33. The molecule has 0 aliphatic heterocycles. The average Bonchev–Trinajstić information content (AvgIpc) is 2.59. The summed E-state index contributed by atoms with van der Waals surface area (Å²) in [5.41, 5.74) is 0. The molecule has 1 N–H and O–H groups in total. The Hall–Kier alpha value is -1.75. The molecule has 2 unspecified atom stereocenters. The lowest BCUT2D eigenvalue weighted by molar-refractivity contribution is -0.535. The van der Waals surface area contributed by atoms with E-state index in [1.54, 1.807) is 6.08 Å². The average molecular weight is 351 g/mol. The lowest BCUT2D eigenvalue weighted by Gasteiger charge is -2.13. The van der Waals surface area contributed by atoms with Crippen LogP contribution in [-0.4, -0.2) is 28.5 Å². The third-order valence-corrected chi connectivity index (χ3v) is 3.93. The summed E-state index contributed by atoms with van der Waals surface area (Å²) >= 11 is 0. The largest absolute Gasteiger partial charge is 0.386 e. The van der Waals surface area contributed by atoms with E-state index in [-0.39, 0.29) is 12.8 Å². The molecule has 0 spiro atoms. The van der Waals surface area contributed by atoms with Crippen molar-refractivity contribution in [3.8, 4) is 0 Å². The maximum absolute atomic E-state index is 11.0. The maximum atomic E-state index is 11.0. The van der Waals surface area contributed by atoms with Crippen molar-refractivity contribution in [3.05, 3.63) is 46.6 Å². The fourth-order valence-electron chi connectivity index (χ4n) is 2.41. The number of allylic oxidation sites excluding steroid dienone is 5. The van der Waals surface area contributed by atoms with Crippen LogP contribution in [0.2, 0.25) is 0 Å². The first-order chi connectivity index (χ1) is 12.1. The van der Waals surface area contributed by atoms with Gasteiger partial charge in [-0.25, -0.2) is 0 Å². The summed E-state index contributed by atoms with van der Waals surface area (Å²) in [7, 11) is 0. The Morgan fingerprint density at radius 2 is 1.60 bits per heavy atom. The molecule has 5 heteroatoms. The number of aliphatic hydroxyl groups is 1. The van der Waals surface area contributed by atoms with Gasteiger partial charge in [0.25, 0.3) is 0 Å². The number of nitrogens with zero attached hydrogens (tertiary/aromatic N) is 1. The smallest absolute Gasteiger partial charge is 0.238 e. The van der Waals surface area contributed by atoms with Gasteiger partial charge in [0.1, 0.15) is 12.4 Å². The van der Waals surface area contributed by atoms with E-state index < -0.39 is 17.1 Å². The number of aliphatic hydroxyl groups excluding tert-OH is 1. The molecule has 25 heavy (non-hydrogen) atoms. The van der Waals surface area contributed by atoms with E-state index in [4.69, 9.17) is 0 Å². The van der Waals surface area contributed by atoms with Crippen LogP contribution < -0.4 is 0 Å². The third kappa shape index (κ3) is 14.3. The Kier molecular flexibility index (Phi) is 15.9. The molecule has 0 saturated carbocycles. The van der Waals surface area contributed by atoms with Gasteiger partial charge in [0, 0.05) is 17.8 Å². The van der Waals surface area contributed by atoms with Gasteiger partial charge in [-0.2, -0.15) is 0 Å². The second kappa shape index (κ2) is 17.1. The van der Waals surface area contributed by atoms with Gasteiger partial charge in [-0.3, -0.25) is 10.1 Å². The van der Waals surface area contributed by atoms with Crippen LogP contribution >= 0.6 is 0 Å². The minimum absolute atomic E-state index is 0.227. The van der Waals surface area contributed by atoms with E-state index in [1.807, 2.05) is 12.2 Å². The van der Waals surface area contributed by atoms with Crippen molar-refractivity contribution in [1.29, 1.82) is 0 Å². The molecule has 0 aromatic rings. The van der Waals surface area contributed by atoms with Crippen molar-refractivity contribution in [2.24, 2.45) is 0 Å². The number of hydrogen-bond donors (Lipinski definition) is 1. The Balaban J connectivity index is 3.91. The summed E-state index contributed by atoms with van der Waals surface area (Å²) in [5.74, 6) is 0. The fraction of sp³-hybridized carbons (Fsp3) is 0.650. The van der Waals surface area contributed by atoms with Crippen molar-refractivity contribution in [2.75, 3.05) is 0 Å². The second-order valence-electron chi connectivity index (χ2n) is 6.13. The van der Waals surface area contributed by atoms with Crippen LogP contribution in [0, 0.1) is 10.1 Å². The molecule has 142 valence electrons. The van der Waals surface area contributed by atoms with Gasteiger partial charge in [-0.1, -0.05) is 56.2 Å². The highest BCUT2D eigenvalue weighted by Gasteiger charge is 2.27. The molecule has 0 bridgehead atoms. The lowest BCUT2D eigenvalue weighted by atomic mass is 10.0. The minimum atomic E-state index is -1.01. The van der Waals surface area contributed by atoms with Crippen molar-refractivity contribution < 1.29 is 14.8 Å². The molecule has 0 fully saturated rings. The molecule has 0 rings (SSSR count). The Labute approximate surface area is 151 Å². The number of aldehydes is 1. The van der Waals surface area contributed by atoms with Crippen molar-refractivity contribution in [1.82, 2.24) is 0 Å². The number of carbonyl (C=O) groups is 1. The van der Waals surface area contributed by atoms with Crippen molar-refractivity contribution in [3.63, 3.8) is 0 Å². The monoisotopic (exact) mass is 351 g/mol. The molecular weight excluding hydrogens is 318 g/mol. The van der Waals surface area contributed by atoms with E-state index in [1.165, 1.54) is 19.3 Å². The van der Waals surface area contributed by atoms with Gasteiger partial charge in [0.05, 0.1) is 0 Å². The highest BCUT2D eigenvalue weighted by molar-refractivity contribution is 5.48. The first kappa shape index (κ1) is 23.2. The first-order valence-corrected chi connectivity index (χ1v) is 9.33. The van der Waals surface area contributed by atoms with Gasteiger partial charge in [0.2, 0.25) is 6.04 Å². The zero-order valence-corrected chi connectivity index (χ0v) is 15.4. The number of nitro groups is 1. The molecule has 0 aromatic carbocycles. The summed E-state index contributed by atoms with van der Waals surface area (Å²) in [5, 5.41) is 20.9. The quantitative estimate of drug-likeness (QED) is 0.143. The highest BCUT2D eigenvalue weighted by Crippen LogP contribution is 2.12. The van der Waals surface area contributed by atoms with Crippen LogP contribution in [-0.2, 0) is 4.79 Å². The van der Waals surface area contributed by atoms with Crippen LogP contribution in [0.3, 0.4) is 0 Å². The summed E-state index contributed by atoms with van der Waals surface area (Å²) in [6.45, 7) is 2.20. The van der Waals surface area contributed by atoms with Crippen LogP contribution in [0.4, 0.5) is 0 Å². The highest BCUT2D eigenvalue weighted by atomic mass is 16.6. The third-order valence-electron chi connectivity index (χ3n) is 3.93. The molecular formula is C20H33NO4. The van der Waals surface area contributed by atoms with Crippen molar-refractivity contribution >= 4 is 6.29 Å². The van der Waals surface area contributed by atoms with Crippen LogP contribution in [0.15, 0.2) is 36.5 Å². The van der Waals surface area contributed by atoms with E-state index in [0.29, 0.717) is 12.8 Å². The number of unbranched alkanes of at least 4 members (excludes halogenated alkanes) is 4. The molecule has 0 radical (unpaired) electrons. The molecule has 0 aliphatic carbocycles. The van der Waals surface area contributed by atoms with E-state index in [9.17, 15) is 20.0 Å². The number of carbonyl (C=O) groups excluding carboxylic acids is 1. The predicted molar refractivity (Wildman–Crippen MR) is 102 cm³/mol. The summed E-state index contributed by atoms with van der Waals surface area (Å²) in [4.78, 5) is 20.8. The van der Waals surface area contributed by atoms with Crippen LogP contribution in [0.5, 0.6) is 0 Å². The Morgan fingerprint density at radius 3 is 2.20 bits per heavy atom. The standard InChI is InChI=1S/C20H33NO4/c1-2-3-4-5-6-7-8-9-10-11-12-13-17-20(23)19(21(24)25)16-14-15-18-22/h6-7,9-10,12-13,18-20,23H,2-5,8,11,14-17H2,1H3/b7-6-,10-9-,13-12-. The van der Waals surface area contributed by atoms with Gasteiger partial charge in [0.15, 0.2) is 0 Å². The Morgan fingerprint density at radius 1 is 0.960 bits per heavy atom. The van der Waals surface area contributed by atoms with Gasteiger partial charge in [-0.05, 0) is 38.5 Å².